The number of carbonyl (C=O) groups is 2. The Kier molecular flexibility index (Phi) is 5.39. The average Bonchev–Trinajstić information content (AvgIpc) is 3.30. The number of likely N-dealkylation sites (tertiary alicyclic amines) is 1. The summed E-state index contributed by atoms with van der Waals surface area (Å²) in [4.78, 5) is 28.4. The molecule has 2 heterocycles. The summed E-state index contributed by atoms with van der Waals surface area (Å²) >= 11 is 4.91. The first kappa shape index (κ1) is 19.6. The van der Waals surface area contributed by atoms with Gasteiger partial charge >= 0.3 is 0 Å². The molecular formula is C23H18BrNO3S. The van der Waals surface area contributed by atoms with Crippen molar-refractivity contribution in [3.05, 3.63) is 97.7 Å². The van der Waals surface area contributed by atoms with E-state index in [0.717, 1.165) is 20.5 Å². The zero-order valence-electron chi connectivity index (χ0n) is 15.6. The van der Waals surface area contributed by atoms with Gasteiger partial charge in [-0.3, -0.25) is 9.59 Å². The fourth-order valence-corrected chi connectivity index (χ4v) is 4.53. The van der Waals surface area contributed by atoms with Crippen LogP contribution in [-0.2, 0) is 16.1 Å². The Morgan fingerprint density at radius 1 is 1.10 bits per heavy atom. The highest BCUT2D eigenvalue weighted by Crippen LogP contribution is 2.40. The molecule has 4 rings (SSSR count). The molecular weight excluding hydrogens is 450 g/mol. The number of hydrogen-bond acceptors (Lipinski definition) is 4. The number of rotatable bonds is 4. The van der Waals surface area contributed by atoms with Gasteiger partial charge in [0, 0.05) is 14.9 Å². The van der Waals surface area contributed by atoms with E-state index < -0.39 is 17.7 Å². The molecule has 1 aliphatic heterocycles. The lowest BCUT2D eigenvalue weighted by Crippen LogP contribution is -2.28. The van der Waals surface area contributed by atoms with Crippen molar-refractivity contribution in [1.29, 1.82) is 0 Å². The summed E-state index contributed by atoms with van der Waals surface area (Å²) in [5.74, 6) is -1.41. The van der Waals surface area contributed by atoms with Crippen molar-refractivity contribution in [3.63, 3.8) is 0 Å². The van der Waals surface area contributed by atoms with Gasteiger partial charge in [-0.1, -0.05) is 64.0 Å². The summed E-state index contributed by atoms with van der Waals surface area (Å²) in [5.41, 5.74) is 2.45. The molecule has 146 valence electrons. The first-order chi connectivity index (χ1) is 14.0. The van der Waals surface area contributed by atoms with Crippen molar-refractivity contribution in [2.75, 3.05) is 0 Å². The van der Waals surface area contributed by atoms with Gasteiger partial charge in [0.05, 0.1) is 18.2 Å². The standard InChI is InChI=1S/C23H18BrNO3S/c1-14-4-2-5-16(12-14)20-19(21(26)15-7-9-17(24)10-8-15)22(27)23(28)25(20)13-18-6-3-11-29-18/h2-12,20,26H,13H2,1H3/b21-19-. The summed E-state index contributed by atoms with van der Waals surface area (Å²) in [6, 6.07) is 17.9. The number of amides is 1. The molecule has 0 saturated carbocycles. The second-order valence-electron chi connectivity index (χ2n) is 6.93. The van der Waals surface area contributed by atoms with E-state index in [1.165, 1.54) is 11.3 Å². The molecule has 1 aliphatic rings. The van der Waals surface area contributed by atoms with Crippen molar-refractivity contribution in [2.45, 2.75) is 19.5 Å². The molecule has 1 aromatic heterocycles. The molecule has 0 aliphatic carbocycles. The Balaban J connectivity index is 1.87. The maximum Gasteiger partial charge on any atom is 0.295 e. The summed E-state index contributed by atoms with van der Waals surface area (Å²) in [5, 5.41) is 13.0. The lowest BCUT2D eigenvalue weighted by atomic mass is 9.94. The molecule has 0 spiro atoms. The molecule has 1 atom stereocenters. The molecule has 3 aromatic rings. The van der Waals surface area contributed by atoms with Gasteiger partial charge in [-0.15, -0.1) is 11.3 Å². The van der Waals surface area contributed by atoms with E-state index in [2.05, 4.69) is 15.9 Å². The average molecular weight is 468 g/mol. The second-order valence-corrected chi connectivity index (χ2v) is 8.88. The molecule has 1 saturated heterocycles. The first-order valence-corrected chi connectivity index (χ1v) is 10.8. The topological polar surface area (TPSA) is 57.6 Å². The van der Waals surface area contributed by atoms with Crippen molar-refractivity contribution in [2.24, 2.45) is 0 Å². The van der Waals surface area contributed by atoms with E-state index in [-0.39, 0.29) is 11.3 Å². The van der Waals surface area contributed by atoms with Gasteiger partial charge in [0.1, 0.15) is 5.76 Å². The predicted molar refractivity (Wildman–Crippen MR) is 117 cm³/mol. The minimum Gasteiger partial charge on any atom is -0.507 e. The van der Waals surface area contributed by atoms with E-state index in [4.69, 9.17) is 0 Å². The van der Waals surface area contributed by atoms with Gasteiger partial charge in [-0.25, -0.2) is 0 Å². The SMILES string of the molecule is Cc1cccc(C2/C(=C(/O)c3ccc(Br)cc3)C(=O)C(=O)N2Cc2cccs2)c1. The van der Waals surface area contributed by atoms with Crippen LogP contribution >= 0.6 is 27.3 Å². The Morgan fingerprint density at radius 2 is 1.86 bits per heavy atom. The van der Waals surface area contributed by atoms with Gasteiger partial charge < -0.3 is 10.0 Å². The molecule has 1 N–H and O–H groups in total. The number of thiophene rings is 1. The molecule has 29 heavy (non-hydrogen) atoms. The summed E-state index contributed by atoms with van der Waals surface area (Å²) < 4.78 is 0.863. The van der Waals surface area contributed by atoms with Crippen LogP contribution in [-0.4, -0.2) is 21.7 Å². The quantitative estimate of drug-likeness (QED) is 0.315. The lowest BCUT2D eigenvalue weighted by Gasteiger charge is -2.25. The van der Waals surface area contributed by atoms with Crippen LogP contribution in [0.3, 0.4) is 0 Å². The third kappa shape index (κ3) is 3.78. The minimum atomic E-state index is -0.659. The van der Waals surface area contributed by atoms with Crippen LogP contribution in [0.4, 0.5) is 0 Å². The van der Waals surface area contributed by atoms with E-state index in [9.17, 15) is 14.7 Å². The Morgan fingerprint density at radius 3 is 2.52 bits per heavy atom. The number of Topliss-reactive ketones (excluding diaryl/α,β-unsaturated/α-hetero) is 1. The number of aryl methyl sites for hydroxylation is 1. The van der Waals surface area contributed by atoms with Gasteiger partial charge in [-0.05, 0) is 36.1 Å². The van der Waals surface area contributed by atoms with Crippen LogP contribution in [0.5, 0.6) is 0 Å². The van der Waals surface area contributed by atoms with Crippen molar-refractivity contribution in [1.82, 2.24) is 4.90 Å². The zero-order chi connectivity index (χ0) is 20.5. The number of aliphatic hydroxyl groups is 1. The van der Waals surface area contributed by atoms with Crippen molar-refractivity contribution >= 4 is 44.7 Å². The molecule has 0 radical (unpaired) electrons. The van der Waals surface area contributed by atoms with Crippen LogP contribution in [0.1, 0.15) is 27.6 Å². The number of carbonyl (C=O) groups excluding carboxylic acids is 2. The fourth-order valence-electron chi connectivity index (χ4n) is 3.56. The molecule has 2 aromatic carbocycles. The van der Waals surface area contributed by atoms with Gasteiger partial charge in [0.25, 0.3) is 11.7 Å². The number of benzene rings is 2. The van der Waals surface area contributed by atoms with E-state index in [1.54, 1.807) is 29.2 Å². The van der Waals surface area contributed by atoms with Crippen LogP contribution in [0.2, 0.25) is 0 Å². The largest absolute Gasteiger partial charge is 0.507 e. The molecule has 0 bridgehead atoms. The normalized spacial score (nSPS) is 18.4. The summed E-state index contributed by atoms with van der Waals surface area (Å²) in [6.45, 7) is 2.28. The van der Waals surface area contributed by atoms with Gasteiger partial charge in [0.15, 0.2) is 0 Å². The first-order valence-electron chi connectivity index (χ1n) is 9.09. The smallest absolute Gasteiger partial charge is 0.295 e. The number of hydrogen-bond donors (Lipinski definition) is 1. The monoisotopic (exact) mass is 467 g/mol. The molecule has 1 fully saturated rings. The number of halogens is 1. The second kappa shape index (κ2) is 7.97. The Labute approximate surface area is 181 Å². The molecule has 4 nitrogen and oxygen atoms in total. The van der Waals surface area contributed by atoms with Crippen molar-refractivity contribution in [3.8, 4) is 0 Å². The lowest BCUT2D eigenvalue weighted by molar-refractivity contribution is -0.140. The molecule has 1 unspecified atom stereocenters. The maximum atomic E-state index is 13.0. The minimum absolute atomic E-state index is 0.125. The van der Waals surface area contributed by atoms with Gasteiger partial charge in [-0.2, -0.15) is 0 Å². The highest BCUT2D eigenvalue weighted by molar-refractivity contribution is 9.10. The number of aliphatic hydroxyl groups excluding tert-OH is 1. The zero-order valence-corrected chi connectivity index (χ0v) is 18.0. The Bertz CT molecular complexity index is 1100. The van der Waals surface area contributed by atoms with Crippen LogP contribution < -0.4 is 0 Å². The maximum absolute atomic E-state index is 13.0. The third-order valence-electron chi connectivity index (χ3n) is 4.92. The van der Waals surface area contributed by atoms with E-state index in [0.29, 0.717) is 12.1 Å². The Hall–Kier alpha value is -2.70. The third-order valence-corrected chi connectivity index (χ3v) is 6.31. The predicted octanol–water partition coefficient (Wildman–Crippen LogP) is 5.44. The molecule has 1 amide bonds. The highest BCUT2D eigenvalue weighted by Gasteiger charge is 2.46. The summed E-state index contributed by atoms with van der Waals surface area (Å²) in [6.07, 6.45) is 0. The summed E-state index contributed by atoms with van der Waals surface area (Å²) in [7, 11) is 0. The van der Waals surface area contributed by atoms with Crippen molar-refractivity contribution < 1.29 is 14.7 Å². The number of nitrogens with zero attached hydrogens (tertiary/aromatic N) is 1. The van der Waals surface area contributed by atoms with Crippen LogP contribution in [0.25, 0.3) is 5.76 Å². The van der Waals surface area contributed by atoms with Crippen LogP contribution in [0, 0.1) is 6.92 Å². The van der Waals surface area contributed by atoms with Gasteiger partial charge in [0.2, 0.25) is 0 Å². The fraction of sp³-hybridized carbons (Fsp3) is 0.130. The van der Waals surface area contributed by atoms with E-state index in [1.807, 2.05) is 48.7 Å². The number of ketones is 1. The highest BCUT2D eigenvalue weighted by atomic mass is 79.9. The van der Waals surface area contributed by atoms with Crippen LogP contribution in [0.15, 0.2) is 76.1 Å². The molecule has 6 heteroatoms. The van der Waals surface area contributed by atoms with E-state index >= 15 is 0 Å².